The molecule has 5 N–H and O–H groups in total. The van der Waals surface area contributed by atoms with Crippen molar-refractivity contribution in [1.82, 2.24) is 24.4 Å². The van der Waals surface area contributed by atoms with Gasteiger partial charge in [-0.2, -0.15) is 4.98 Å². The number of nitrogen functional groups attached to an aromatic ring is 1. The summed E-state index contributed by atoms with van der Waals surface area (Å²) in [6.07, 6.45) is 1.95. The van der Waals surface area contributed by atoms with E-state index >= 15 is 0 Å². The number of hydrogen-bond acceptors (Lipinski definition) is 7. The minimum Gasteiger partial charge on any atom is -0.396 e. The second-order valence-corrected chi connectivity index (χ2v) is 6.03. The maximum atomic E-state index is 11.7. The normalized spacial score (nSPS) is 22.6. The maximum Gasteiger partial charge on any atom is 0.280 e. The van der Waals surface area contributed by atoms with Crippen molar-refractivity contribution in [2.24, 2.45) is 5.92 Å². The lowest BCUT2D eigenvalue weighted by atomic mass is 10.0. The quantitative estimate of drug-likeness (QED) is 0.404. The van der Waals surface area contributed by atoms with Crippen LogP contribution in [-0.4, -0.2) is 67.8 Å². The number of amides is 1. The minimum atomic E-state index is -0.672. The average Bonchev–Trinajstić information content (AvgIpc) is 3.08. The Kier molecular flexibility index (Phi) is 5.55. The predicted molar refractivity (Wildman–Crippen MR) is 91.7 cm³/mol. The summed E-state index contributed by atoms with van der Waals surface area (Å²) in [5.74, 6) is -0.371. The lowest BCUT2D eigenvalue weighted by Gasteiger charge is -2.15. The largest absolute Gasteiger partial charge is 0.396 e. The number of hydrogen-bond donors (Lipinski definition) is 4. The van der Waals surface area contributed by atoms with E-state index in [0.717, 1.165) is 6.41 Å². The summed E-state index contributed by atoms with van der Waals surface area (Å²) in [6.45, 7) is 3.76. The Hall–Kier alpha value is -2.72. The number of carbonyl (C=O) groups is 1. The Labute approximate surface area is 143 Å². The van der Waals surface area contributed by atoms with Gasteiger partial charge in [-0.05, 0) is 12.0 Å². The molecule has 0 spiro atoms. The average molecular weight is 350 g/mol. The molecule has 3 unspecified atom stereocenters. The fraction of sp³-hybridized carbons (Fsp3) is 0.467. The third kappa shape index (κ3) is 3.69. The van der Waals surface area contributed by atoms with Gasteiger partial charge in [-0.1, -0.05) is 6.58 Å². The van der Waals surface area contributed by atoms with Gasteiger partial charge in [0.15, 0.2) is 11.2 Å². The van der Waals surface area contributed by atoms with Gasteiger partial charge >= 0.3 is 0 Å². The number of nitrogens with two attached hydrogens (primary N) is 1. The van der Waals surface area contributed by atoms with E-state index in [-0.39, 0.29) is 30.0 Å². The van der Waals surface area contributed by atoms with Crippen LogP contribution in [0.1, 0.15) is 12.5 Å². The van der Waals surface area contributed by atoms with Gasteiger partial charge in [-0.25, -0.2) is 4.98 Å². The van der Waals surface area contributed by atoms with E-state index < -0.39 is 11.7 Å². The maximum absolute atomic E-state index is 11.7. The molecule has 10 nitrogen and oxygen atoms in total. The van der Waals surface area contributed by atoms with Crippen LogP contribution < -0.4 is 11.3 Å². The van der Waals surface area contributed by atoms with Crippen LogP contribution in [0, 0.1) is 5.92 Å². The Bertz CT molecular complexity index is 827. The molecule has 0 bridgehead atoms. The summed E-state index contributed by atoms with van der Waals surface area (Å²) in [5, 5.41) is 19.2. The molecule has 0 saturated heterocycles. The van der Waals surface area contributed by atoms with Crippen LogP contribution in [0.15, 0.2) is 23.3 Å². The topological polar surface area (TPSA) is 150 Å². The number of aromatic amines is 1. The van der Waals surface area contributed by atoms with Crippen molar-refractivity contribution in [3.63, 3.8) is 0 Å². The molecule has 1 fully saturated rings. The summed E-state index contributed by atoms with van der Waals surface area (Å²) < 4.78 is 1.67. The first-order chi connectivity index (χ1) is 11.8. The number of aromatic nitrogens is 4. The molecule has 1 amide bonds. The number of nitrogens with one attached hydrogen (secondary N) is 1. The van der Waals surface area contributed by atoms with E-state index in [2.05, 4.69) is 21.5 Å². The number of aliphatic hydroxyl groups is 2. The van der Waals surface area contributed by atoms with Crippen LogP contribution in [0.25, 0.3) is 11.2 Å². The van der Waals surface area contributed by atoms with Crippen molar-refractivity contribution in [3.8, 4) is 0 Å². The molecule has 1 aliphatic rings. The molecule has 25 heavy (non-hydrogen) atoms. The number of anilines is 1. The van der Waals surface area contributed by atoms with Crippen molar-refractivity contribution in [3.05, 3.63) is 28.8 Å². The second-order valence-electron chi connectivity index (χ2n) is 6.03. The third-order valence-electron chi connectivity index (χ3n) is 4.03. The van der Waals surface area contributed by atoms with Crippen LogP contribution in [0.2, 0.25) is 0 Å². The highest BCUT2D eigenvalue weighted by Gasteiger charge is 2.37. The highest BCUT2D eigenvalue weighted by molar-refractivity contribution is 5.70. The summed E-state index contributed by atoms with van der Waals surface area (Å²) in [7, 11) is 3.38. The van der Waals surface area contributed by atoms with Gasteiger partial charge in [0.05, 0.1) is 25.1 Å². The Morgan fingerprint density at radius 3 is 2.72 bits per heavy atom. The summed E-state index contributed by atoms with van der Waals surface area (Å²) in [4.78, 5) is 33.1. The van der Waals surface area contributed by atoms with E-state index in [0.29, 0.717) is 17.6 Å². The second kappa shape index (κ2) is 7.45. The Balaban J connectivity index is 0.000000399. The number of aliphatic hydroxyl groups excluding tert-OH is 2. The van der Waals surface area contributed by atoms with E-state index in [9.17, 15) is 19.8 Å². The number of H-pyrrole nitrogens is 1. The molecule has 1 aliphatic carbocycles. The van der Waals surface area contributed by atoms with E-state index in [4.69, 9.17) is 5.73 Å². The van der Waals surface area contributed by atoms with Crippen LogP contribution in [0.4, 0.5) is 5.95 Å². The first-order valence-corrected chi connectivity index (χ1v) is 7.61. The number of carbonyl (C=O) groups excluding carboxylic acids is 1. The molecule has 0 aromatic carbocycles. The first-order valence-electron chi connectivity index (χ1n) is 7.61. The van der Waals surface area contributed by atoms with Crippen molar-refractivity contribution in [2.75, 3.05) is 26.4 Å². The molecule has 2 aromatic rings. The monoisotopic (exact) mass is 350 g/mol. The lowest BCUT2D eigenvalue weighted by Crippen LogP contribution is -2.17. The number of nitrogens with zero attached hydrogens (tertiary/aromatic N) is 4. The zero-order valence-electron chi connectivity index (χ0n) is 14.1. The van der Waals surface area contributed by atoms with Crippen LogP contribution in [0.5, 0.6) is 0 Å². The molecule has 1 saturated carbocycles. The van der Waals surface area contributed by atoms with Crippen molar-refractivity contribution < 1.29 is 15.0 Å². The first kappa shape index (κ1) is 18.6. The van der Waals surface area contributed by atoms with Crippen molar-refractivity contribution in [1.29, 1.82) is 0 Å². The van der Waals surface area contributed by atoms with Gasteiger partial charge in [0.2, 0.25) is 12.4 Å². The highest BCUT2D eigenvalue weighted by atomic mass is 16.3. The number of rotatable bonds is 3. The summed E-state index contributed by atoms with van der Waals surface area (Å²) >= 11 is 0. The van der Waals surface area contributed by atoms with E-state index in [1.807, 2.05) is 0 Å². The number of imidazole rings is 1. The Morgan fingerprint density at radius 1 is 1.56 bits per heavy atom. The van der Waals surface area contributed by atoms with Gasteiger partial charge < -0.3 is 25.4 Å². The van der Waals surface area contributed by atoms with E-state index in [1.54, 1.807) is 18.7 Å². The fourth-order valence-corrected chi connectivity index (χ4v) is 2.74. The molecule has 2 heterocycles. The molecule has 3 atom stereocenters. The smallest absolute Gasteiger partial charge is 0.280 e. The zero-order valence-corrected chi connectivity index (χ0v) is 14.1. The van der Waals surface area contributed by atoms with Gasteiger partial charge in [-0.15, -0.1) is 0 Å². The van der Waals surface area contributed by atoms with Gasteiger partial charge in [0.25, 0.3) is 5.56 Å². The van der Waals surface area contributed by atoms with Crippen LogP contribution in [0.3, 0.4) is 0 Å². The Morgan fingerprint density at radius 2 is 2.20 bits per heavy atom. The van der Waals surface area contributed by atoms with E-state index in [1.165, 1.54) is 11.2 Å². The molecule has 0 radical (unpaired) electrons. The lowest BCUT2D eigenvalue weighted by molar-refractivity contribution is -0.115. The van der Waals surface area contributed by atoms with Crippen LogP contribution in [-0.2, 0) is 4.79 Å². The summed E-state index contributed by atoms with van der Waals surface area (Å²) in [5.41, 5.74) is 6.37. The van der Waals surface area contributed by atoms with Gasteiger partial charge in [-0.3, -0.25) is 14.6 Å². The molecule has 136 valence electrons. The van der Waals surface area contributed by atoms with Gasteiger partial charge in [0, 0.05) is 20.0 Å². The van der Waals surface area contributed by atoms with Crippen LogP contribution >= 0.6 is 0 Å². The van der Waals surface area contributed by atoms with Crippen molar-refractivity contribution in [2.45, 2.75) is 18.6 Å². The standard InChI is InChI=1S/C12H15N5O3.C3H7NO/c1-5-6(3-18)8(19)2-7(5)17-4-14-9-10(17)15-12(13)16-11(9)20;1-4(2)3-5/h4,6-8,18-19H,1-3H2,(H3,13,15,16,20);3H,1-2H3. The molecule has 0 aliphatic heterocycles. The zero-order chi connectivity index (χ0) is 18.7. The predicted octanol–water partition coefficient (Wildman–Crippen LogP) is -1.12. The SMILES string of the molecule is C=C1C(CO)C(O)CC1n1cnc2c(=O)[nH]c(N)nc21.CN(C)C=O. The summed E-state index contributed by atoms with van der Waals surface area (Å²) in [6, 6.07) is -0.263. The van der Waals surface area contributed by atoms with Crippen molar-refractivity contribution >= 4 is 23.5 Å². The molecule has 10 heteroatoms. The molecular weight excluding hydrogens is 328 g/mol. The minimum absolute atomic E-state index is 0.00659. The fourth-order valence-electron chi connectivity index (χ4n) is 2.74. The highest BCUT2D eigenvalue weighted by Crippen LogP contribution is 2.39. The molecule has 3 rings (SSSR count). The van der Waals surface area contributed by atoms with Gasteiger partial charge in [0.1, 0.15) is 0 Å². The number of fused-ring (bicyclic) bond motifs is 1. The molecular formula is C15H22N6O4. The third-order valence-corrected chi connectivity index (χ3v) is 4.03. The molecule has 2 aromatic heterocycles.